The first kappa shape index (κ1) is 27.9. The molecule has 0 spiro atoms. The summed E-state index contributed by atoms with van der Waals surface area (Å²) < 4.78 is 10.9. The molecule has 7 heteroatoms. The zero-order valence-electron chi connectivity index (χ0n) is 20.9. The van der Waals surface area contributed by atoms with Crippen molar-refractivity contribution in [3.63, 3.8) is 0 Å². The van der Waals surface area contributed by atoms with E-state index in [-0.39, 0.29) is 25.0 Å². The normalized spacial score (nSPS) is 12.5. The van der Waals surface area contributed by atoms with Crippen LogP contribution in [0.25, 0.3) is 0 Å². The molecule has 1 amide bonds. The first-order valence-corrected chi connectivity index (χ1v) is 12.7. The van der Waals surface area contributed by atoms with E-state index in [1.165, 1.54) is 14.0 Å². The average Bonchev–Trinajstić information content (AvgIpc) is 2.91. The van der Waals surface area contributed by atoms with Crippen LogP contribution in [0, 0.1) is 5.92 Å². The molecule has 0 heterocycles. The third kappa shape index (κ3) is 7.89. The van der Waals surface area contributed by atoms with Crippen LogP contribution in [0.5, 0.6) is 0 Å². The second-order valence-electron chi connectivity index (χ2n) is 8.39. The van der Waals surface area contributed by atoms with E-state index in [9.17, 15) is 14.4 Å². The molecule has 3 aromatic carbocycles. The van der Waals surface area contributed by atoms with Gasteiger partial charge < -0.3 is 14.4 Å². The minimum Gasteiger partial charge on any atom is -0.468 e. The van der Waals surface area contributed by atoms with Gasteiger partial charge in [-0.3, -0.25) is 14.4 Å². The smallest absolute Gasteiger partial charge is 0.319 e. The Hall–Kier alpha value is -3.71. The Morgan fingerprint density at radius 1 is 0.892 bits per heavy atom. The fraction of sp³-hybridized carbons (Fsp3) is 0.233. The van der Waals surface area contributed by atoms with Crippen LogP contribution in [-0.2, 0) is 30.4 Å². The molecule has 3 aromatic rings. The van der Waals surface area contributed by atoms with Crippen LogP contribution >= 0.6 is 15.9 Å². The Labute approximate surface area is 226 Å². The van der Waals surface area contributed by atoms with Gasteiger partial charge in [0.05, 0.1) is 7.11 Å². The number of methoxy groups -OCH3 is 1. The molecule has 37 heavy (non-hydrogen) atoms. The molecule has 0 saturated heterocycles. The second-order valence-corrected chi connectivity index (χ2v) is 9.24. The van der Waals surface area contributed by atoms with Gasteiger partial charge in [0.1, 0.15) is 12.5 Å². The van der Waals surface area contributed by atoms with Gasteiger partial charge in [-0.15, -0.1) is 0 Å². The third-order valence-corrected chi connectivity index (χ3v) is 6.58. The number of hydrogen-bond donors (Lipinski definition) is 0. The van der Waals surface area contributed by atoms with Crippen molar-refractivity contribution in [2.45, 2.75) is 19.4 Å². The SMILES string of the molecule is COC(=O)[C@@H](C(=O)N(C/C=C\COC(C)=O)Cc1ccccc1)[C@H](c1ccccc1)c1ccccc1Br. The lowest BCUT2D eigenvalue weighted by atomic mass is 9.79. The van der Waals surface area contributed by atoms with Crippen LogP contribution in [0.3, 0.4) is 0 Å². The maximum absolute atomic E-state index is 14.2. The molecule has 2 atom stereocenters. The summed E-state index contributed by atoms with van der Waals surface area (Å²) in [5, 5.41) is 0. The van der Waals surface area contributed by atoms with Crippen molar-refractivity contribution >= 4 is 33.8 Å². The van der Waals surface area contributed by atoms with Crippen molar-refractivity contribution in [3.05, 3.63) is 118 Å². The number of ether oxygens (including phenoxy) is 2. The molecule has 0 aliphatic carbocycles. The van der Waals surface area contributed by atoms with E-state index in [1.807, 2.05) is 84.9 Å². The summed E-state index contributed by atoms with van der Waals surface area (Å²) in [5.41, 5.74) is 2.55. The summed E-state index contributed by atoms with van der Waals surface area (Å²) >= 11 is 3.61. The zero-order valence-corrected chi connectivity index (χ0v) is 22.5. The number of amides is 1. The summed E-state index contributed by atoms with van der Waals surface area (Å²) in [4.78, 5) is 40.2. The van der Waals surface area contributed by atoms with Gasteiger partial charge in [0.2, 0.25) is 5.91 Å². The quantitative estimate of drug-likeness (QED) is 0.174. The number of esters is 2. The van der Waals surface area contributed by atoms with Crippen molar-refractivity contribution in [1.82, 2.24) is 4.90 Å². The highest BCUT2D eigenvalue weighted by atomic mass is 79.9. The van der Waals surface area contributed by atoms with E-state index in [0.29, 0.717) is 6.54 Å². The number of carbonyl (C=O) groups is 3. The van der Waals surface area contributed by atoms with E-state index < -0.39 is 17.8 Å². The fourth-order valence-electron chi connectivity index (χ4n) is 4.11. The van der Waals surface area contributed by atoms with E-state index in [2.05, 4.69) is 15.9 Å². The van der Waals surface area contributed by atoms with Crippen LogP contribution in [0.4, 0.5) is 0 Å². The van der Waals surface area contributed by atoms with Gasteiger partial charge >= 0.3 is 11.9 Å². The van der Waals surface area contributed by atoms with Crippen LogP contribution in [0.15, 0.2) is 102 Å². The number of benzene rings is 3. The molecular weight excluding hydrogens is 534 g/mol. The molecule has 6 nitrogen and oxygen atoms in total. The maximum Gasteiger partial charge on any atom is 0.319 e. The third-order valence-electron chi connectivity index (χ3n) is 5.86. The highest BCUT2D eigenvalue weighted by molar-refractivity contribution is 9.10. The van der Waals surface area contributed by atoms with Crippen LogP contribution in [-0.4, -0.2) is 43.0 Å². The van der Waals surface area contributed by atoms with E-state index >= 15 is 0 Å². The highest BCUT2D eigenvalue weighted by Crippen LogP contribution is 2.38. The van der Waals surface area contributed by atoms with E-state index in [4.69, 9.17) is 9.47 Å². The summed E-state index contributed by atoms with van der Waals surface area (Å²) in [6.07, 6.45) is 3.44. The van der Waals surface area contributed by atoms with E-state index in [0.717, 1.165) is 21.2 Å². The first-order chi connectivity index (χ1) is 17.9. The molecule has 3 rings (SSSR count). The monoisotopic (exact) mass is 563 g/mol. The Morgan fingerprint density at radius 2 is 1.51 bits per heavy atom. The molecular formula is C30H30BrNO5. The summed E-state index contributed by atoms with van der Waals surface area (Å²) in [7, 11) is 1.30. The summed E-state index contributed by atoms with van der Waals surface area (Å²) in [6, 6.07) is 26.6. The minimum atomic E-state index is -1.13. The van der Waals surface area contributed by atoms with Crippen molar-refractivity contribution in [2.75, 3.05) is 20.3 Å². The molecule has 0 saturated carbocycles. The zero-order chi connectivity index (χ0) is 26.6. The lowest BCUT2D eigenvalue weighted by Gasteiger charge is -2.31. The lowest BCUT2D eigenvalue weighted by Crippen LogP contribution is -2.43. The van der Waals surface area contributed by atoms with Crippen molar-refractivity contribution in [3.8, 4) is 0 Å². The average molecular weight is 564 g/mol. The number of nitrogens with zero attached hydrogens (tertiary/aromatic N) is 1. The Bertz CT molecular complexity index is 1210. The fourth-order valence-corrected chi connectivity index (χ4v) is 4.65. The van der Waals surface area contributed by atoms with Gasteiger partial charge in [0.25, 0.3) is 0 Å². The van der Waals surface area contributed by atoms with Crippen molar-refractivity contribution in [1.29, 1.82) is 0 Å². The van der Waals surface area contributed by atoms with Gasteiger partial charge in [0, 0.05) is 30.4 Å². The van der Waals surface area contributed by atoms with Gasteiger partial charge in [0.15, 0.2) is 0 Å². The largest absolute Gasteiger partial charge is 0.468 e. The molecule has 0 radical (unpaired) electrons. The first-order valence-electron chi connectivity index (χ1n) is 11.9. The highest BCUT2D eigenvalue weighted by Gasteiger charge is 2.40. The Kier molecular flexibility index (Phi) is 10.6. The van der Waals surface area contributed by atoms with E-state index in [1.54, 1.807) is 17.1 Å². The maximum atomic E-state index is 14.2. The number of carbonyl (C=O) groups excluding carboxylic acids is 3. The number of halogens is 1. The standard InChI is InChI=1S/C30H30BrNO5/c1-22(33)37-20-12-11-19-32(21-23-13-5-3-6-14-23)29(34)28(30(35)36-2)27(24-15-7-4-8-16-24)25-17-9-10-18-26(25)31/h3-18,27-28H,19-21H2,1-2H3/b12-11-/t27-,28-/m1/s1. The predicted octanol–water partition coefficient (Wildman–Crippen LogP) is 5.52. The molecule has 0 N–H and O–H groups in total. The number of rotatable bonds is 11. The minimum absolute atomic E-state index is 0.104. The predicted molar refractivity (Wildman–Crippen MR) is 146 cm³/mol. The van der Waals surface area contributed by atoms with Crippen molar-refractivity contribution < 1.29 is 23.9 Å². The molecule has 0 unspecified atom stereocenters. The molecule has 192 valence electrons. The van der Waals surface area contributed by atoms with Crippen molar-refractivity contribution in [2.24, 2.45) is 5.92 Å². The second kappa shape index (κ2) is 14.1. The van der Waals surface area contributed by atoms with Gasteiger partial charge in [-0.1, -0.05) is 101 Å². The van der Waals surface area contributed by atoms with Crippen LogP contribution < -0.4 is 0 Å². The summed E-state index contributed by atoms with van der Waals surface area (Å²) in [6.45, 7) is 1.96. The lowest BCUT2D eigenvalue weighted by molar-refractivity contribution is -0.154. The summed E-state index contributed by atoms with van der Waals surface area (Å²) in [5.74, 6) is -3.07. The van der Waals surface area contributed by atoms with Gasteiger partial charge in [-0.25, -0.2) is 0 Å². The Balaban J connectivity index is 2.04. The van der Waals surface area contributed by atoms with Crippen LogP contribution in [0.1, 0.15) is 29.5 Å². The topological polar surface area (TPSA) is 72.9 Å². The van der Waals surface area contributed by atoms with Crippen LogP contribution in [0.2, 0.25) is 0 Å². The molecule has 0 aliphatic heterocycles. The Morgan fingerprint density at radius 3 is 2.14 bits per heavy atom. The molecule has 0 aromatic heterocycles. The molecule has 0 aliphatic rings. The number of hydrogen-bond acceptors (Lipinski definition) is 5. The van der Waals surface area contributed by atoms with Gasteiger partial charge in [-0.05, 0) is 28.8 Å². The molecule has 0 fully saturated rings. The van der Waals surface area contributed by atoms with Gasteiger partial charge in [-0.2, -0.15) is 0 Å². The molecule has 0 bridgehead atoms.